The maximum Gasteiger partial charge on any atom is 0.215 e. The largest absolute Gasteiger partial charge is 0.405 e. The molecule has 3 unspecified atom stereocenters. The molecule has 5 aliphatic rings. The maximum absolute atomic E-state index is 5.65. The van der Waals surface area contributed by atoms with Crippen molar-refractivity contribution in [2.75, 3.05) is 5.32 Å². The zero-order chi connectivity index (χ0) is 47.1. The number of benzene rings is 6. The molecule has 0 saturated heterocycles. The van der Waals surface area contributed by atoms with Crippen LogP contribution in [0.3, 0.4) is 0 Å². The van der Waals surface area contributed by atoms with Gasteiger partial charge in [0.15, 0.2) is 24.5 Å². The van der Waals surface area contributed by atoms with Gasteiger partial charge in [0.05, 0.1) is 11.1 Å². The molecule has 3 aliphatic carbocycles. The quantitative estimate of drug-likeness (QED) is 0.118. The lowest BCUT2D eigenvalue weighted by Crippen LogP contribution is -2.42. The van der Waals surface area contributed by atoms with E-state index in [1.807, 2.05) is 30.4 Å². The van der Waals surface area contributed by atoms with Crippen LogP contribution in [0.4, 0.5) is 5.69 Å². The average molecular weight is 907 g/mol. The van der Waals surface area contributed by atoms with E-state index in [1.54, 1.807) is 11.8 Å². The Morgan fingerprint density at radius 2 is 1.43 bits per heavy atom. The Morgan fingerprint density at radius 1 is 0.629 bits per heavy atom. The molecule has 2 aromatic heterocycles. The lowest BCUT2D eigenvalue weighted by molar-refractivity contribution is -0.714. The van der Waals surface area contributed by atoms with Crippen molar-refractivity contribution in [2.24, 2.45) is 5.73 Å². The van der Waals surface area contributed by atoms with Crippen LogP contribution in [0.25, 0.3) is 66.7 Å². The van der Waals surface area contributed by atoms with Gasteiger partial charge in [-0.25, -0.2) is 0 Å². The first-order chi connectivity index (χ1) is 34.5. The van der Waals surface area contributed by atoms with Gasteiger partial charge in [-0.3, -0.25) is 0 Å². The van der Waals surface area contributed by atoms with Crippen molar-refractivity contribution >= 4 is 27.6 Å². The summed E-state index contributed by atoms with van der Waals surface area (Å²) < 4.78 is 5.02. The third kappa shape index (κ3) is 7.93. The zero-order valence-corrected chi connectivity index (χ0v) is 39.7. The Morgan fingerprint density at radius 3 is 2.33 bits per heavy atom. The van der Waals surface area contributed by atoms with Crippen LogP contribution in [0.2, 0.25) is 0 Å². The molecule has 8 aromatic rings. The van der Waals surface area contributed by atoms with Crippen LogP contribution in [0.5, 0.6) is 0 Å². The van der Waals surface area contributed by atoms with Crippen LogP contribution in [0.15, 0.2) is 220 Å². The summed E-state index contributed by atoms with van der Waals surface area (Å²) in [6.45, 7) is 8.68. The standard InChI is InChI=1S/C51H43N3.C15H14N/c1-3-9-35(4-2)36-15-16-38-28-39(18-17-37(38)27-36)40-23-25-54(51(32-40)48-22-19-42-31-50(48)53-33-43-11-5-6-12-46(42)43)45-20-13-34-14-21-47-41(10-7-8-24-52)29-44(30-45)49(47)26-34;1-2-9-16-14(5-1)12-8-7-11-4-3-6-15(16)13(12)10-11/h3-12,14-19,21-29,31-32,44-45H,1-2,13,20,30,33,52H2;1-2,5,7-10,15H,3-4,6H2/q;+1/p+1/b10-7-,24-8-,35-9+;. The summed E-state index contributed by atoms with van der Waals surface area (Å²) in [5.41, 5.74) is 29.1. The van der Waals surface area contributed by atoms with E-state index in [0.29, 0.717) is 18.0 Å². The molecule has 3 N–H and O–H groups in total. The highest BCUT2D eigenvalue weighted by atomic mass is 15.0. The van der Waals surface area contributed by atoms with Crippen molar-refractivity contribution in [3.63, 3.8) is 0 Å². The van der Waals surface area contributed by atoms with Crippen LogP contribution < -0.4 is 20.2 Å². The maximum atomic E-state index is 5.65. The number of anilines is 1. The molecule has 4 nitrogen and oxygen atoms in total. The Bertz CT molecular complexity index is 3530. The van der Waals surface area contributed by atoms with Crippen molar-refractivity contribution in [1.82, 2.24) is 0 Å². The first kappa shape index (κ1) is 43.2. The normalized spacial score (nSPS) is 18.1. The number of nitrogens with zero attached hydrogens (tertiary/aromatic N) is 2. The van der Waals surface area contributed by atoms with Crippen molar-refractivity contribution < 1.29 is 9.13 Å². The zero-order valence-electron chi connectivity index (χ0n) is 39.7. The van der Waals surface area contributed by atoms with E-state index < -0.39 is 0 Å². The molecular weight excluding hydrogens is 849 g/mol. The van der Waals surface area contributed by atoms with E-state index in [9.17, 15) is 0 Å². The summed E-state index contributed by atoms with van der Waals surface area (Å²) >= 11 is 0. The third-order valence-electron chi connectivity index (χ3n) is 15.4. The van der Waals surface area contributed by atoms with Crippen molar-refractivity contribution in [1.29, 1.82) is 0 Å². The number of hydrogen-bond acceptors (Lipinski definition) is 2. The molecule has 0 amide bonds. The number of pyridine rings is 2. The van der Waals surface area contributed by atoms with E-state index >= 15 is 0 Å². The Balaban J connectivity index is 0.000000263. The van der Waals surface area contributed by atoms with Crippen LogP contribution in [0.1, 0.15) is 82.6 Å². The SMILES string of the molecule is C=C/C=C(\C=C)c1ccc2cc(-c3cc[n+](C4CCc5ccc6c(c5)C(C=C6/C=C\C=C/N)C4)c(-c4ccc5cc4NCc4ccccc4-5)c3)ccc2c1.c1cc[n+]2c(c1)-c1ccc3cc1C2CCC3. The molecule has 6 bridgehead atoms. The molecule has 0 fully saturated rings. The minimum absolute atomic E-state index is 0.307. The number of aryl methyl sites for hydroxylation is 2. The minimum Gasteiger partial charge on any atom is -0.405 e. The van der Waals surface area contributed by atoms with Crippen molar-refractivity contribution in [3.05, 3.63) is 259 Å². The van der Waals surface area contributed by atoms with Crippen LogP contribution in [-0.4, -0.2) is 0 Å². The number of hydrogen-bond donors (Lipinski definition) is 2. The summed E-state index contributed by atoms with van der Waals surface area (Å²) in [5, 5.41) is 6.25. The van der Waals surface area contributed by atoms with Crippen molar-refractivity contribution in [3.8, 4) is 44.8 Å². The second-order valence-corrected chi connectivity index (χ2v) is 19.5. The fourth-order valence-corrected chi connectivity index (χ4v) is 11.9. The van der Waals surface area contributed by atoms with Gasteiger partial charge in [0, 0.05) is 67.2 Å². The van der Waals surface area contributed by atoms with E-state index in [4.69, 9.17) is 5.73 Å². The summed E-state index contributed by atoms with van der Waals surface area (Å²) in [6, 6.07) is 55.4. The fourth-order valence-electron chi connectivity index (χ4n) is 11.9. The van der Waals surface area contributed by atoms with Crippen LogP contribution in [0, 0.1) is 0 Å². The lowest BCUT2D eigenvalue weighted by Gasteiger charge is -2.23. The highest BCUT2D eigenvalue weighted by Gasteiger charge is 2.37. The summed E-state index contributed by atoms with van der Waals surface area (Å²) in [5.74, 6) is 0.344. The van der Waals surface area contributed by atoms with Gasteiger partial charge in [-0.05, 0) is 152 Å². The number of aromatic nitrogens is 2. The number of allylic oxidation sites excluding steroid dienone is 9. The van der Waals surface area contributed by atoms with Crippen LogP contribution in [-0.2, 0) is 19.4 Å². The smallest absolute Gasteiger partial charge is 0.215 e. The molecule has 0 saturated carbocycles. The molecule has 2 aliphatic heterocycles. The minimum atomic E-state index is 0.307. The second-order valence-electron chi connectivity index (χ2n) is 19.5. The van der Waals surface area contributed by atoms with Crippen molar-refractivity contribution in [2.45, 2.75) is 63.1 Å². The van der Waals surface area contributed by atoms with Gasteiger partial charge >= 0.3 is 0 Å². The van der Waals surface area contributed by atoms with E-state index in [-0.39, 0.29) is 0 Å². The molecule has 70 heavy (non-hydrogen) atoms. The molecular formula is C66H58N4+2. The second kappa shape index (κ2) is 18.4. The summed E-state index contributed by atoms with van der Waals surface area (Å²) in [6.07, 6.45) is 27.5. The van der Waals surface area contributed by atoms with Gasteiger partial charge in [-0.1, -0.05) is 128 Å². The highest BCUT2D eigenvalue weighted by molar-refractivity contribution is 5.92. The van der Waals surface area contributed by atoms with Crippen LogP contribution >= 0.6 is 0 Å². The Hall–Kier alpha value is -8.08. The fraction of sp³-hybridized carbons (Fsp3) is 0.152. The van der Waals surface area contributed by atoms with E-state index in [1.165, 1.54) is 114 Å². The molecule has 0 radical (unpaired) electrons. The molecule has 4 heteroatoms. The van der Waals surface area contributed by atoms with Gasteiger partial charge in [0.2, 0.25) is 11.4 Å². The summed E-state index contributed by atoms with van der Waals surface area (Å²) in [4.78, 5) is 0. The molecule has 13 rings (SSSR count). The Kier molecular flexibility index (Phi) is 11.4. The van der Waals surface area contributed by atoms with Gasteiger partial charge in [0.25, 0.3) is 0 Å². The predicted octanol–water partition coefficient (Wildman–Crippen LogP) is 14.8. The average Bonchev–Trinajstić information content (AvgIpc) is 3.77. The monoisotopic (exact) mass is 906 g/mol. The highest BCUT2D eigenvalue weighted by Crippen LogP contribution is 2.45. The number of nitrogens with two attached hydrogens (primary N) is 1. The predicted molar refractivity (Wildman–Crippen MR) is 291 cm³/mol. The first-order valence-corrected chi connectivity index (χ1v) is 25.1. The van der Waals surface area contributed by atoms with Gasteiger partial charge in [-0.2, -0.15) is 9.13 Å². The third-order valence-corrected chi connectivity index (χ3v) is 15.4. The molecule has 6 aromatic carbocycles. The molecule has 340 valence electrons. The first-order valence-electron chi connectivity index (χ1n) is 25.1. The lowest BCUT2D eigenvalue weighted by atomic mass is 9.86. The van der Waals surface area contributed by atoms with Gasteiger partial charge < -0.3 is 11.1 Å². The number of fused-ring (bicyclic) bond motifs is 10. The topological polar surface area (TPSA) is 45.8 Å². The Labute approximate surface area is 412 Å². The number of rotatable bonds is 8. The molecule has 3 atom stereocenters. The van der Waals surface area contributed by atoms with E-state index in [2.05, 4.69) is 198 Å². The molecule has 4 heterocycles. The number of nitrogens with one attached hydrogen (secondary N) is 1. The molecule has 0 spiro atoms. The van der Waals surface area contributed by atoms with Gasteiger partial charge in [0.1, 0.15) is 0 Å². The summed E-state index contributed by atoms with van der Waals surface area (Å²) in [7, 11) is 0. The van der Waals surface area contributed by atoms with E-state index in [0.717, 1.165) is 36.9 Å². The van der Waals surface area contributed by atoms with Gasteiger partial charge in [-0.15, -0.1) is 0 Å².